The van der Waals surface area contributed by atoms with E-state index in [9.17, 15) is 9.59 Å². The summed E-state index contributed by atoms with van der Waals surface area (Å²) in [4.78, 5) is 32.1. The molecule has 0 spiro atoms. The molecule has 0 radical (unpaired) electrons. The maximum Gasteiger partial charge on any atom is 0.253 e. The minimum Gasteiger partial charge on any atom is -0.495 e. The van der Waals surface area contributed by atoms with E-state index in [0.29, 0.717) is 30.5 Å². The Hall–Kier alpha value is -3.39. The monoisotopic (exact) mass is 394 g/mol. The van der Waals surface area contributed by atoms with Gasteiger partial charge in [-0.25, -0.2) is 4.98 Å². The summed E-state index contributed by atoms with van der Waals surface area (Å²) in [6, 6.07) is 14.1. The number of fused-ring (bicyclic) bond motifs is 3. The van der Waals surface area contributed by atoms with Crippen LogP contribution in [0, 0.1) is 0 Å². The van der Waals surface area contributed by atoms with Crippen LogP contribution in [0.4, 0.5) is 11.6 Å². The number of rotatable bonds is 7. The van der Waals surface area contributed by atoms with Crippen molar-refractivity contribution in [3.8, 4) is 5.75 Å². The van der Waals surface area contributed by atoms with Gasteiger partial charge in [0.15, 0.2) is 0 Å². The van der Waals surface area contributed by atoms with Gasteiger partial charge in [-0.2, -0.15) is 0 Å². The number of hydrogen-bond donors (Lipinski definition) is 1. The average Bonchev–Trinajstić information content (AvgIpc) is 3.22. The molecule has 1 atom stereocenters. The molecule has 4 rings (SSSR count). The Morgan fingerprint density at radius 2 is 1.90 bits per heavy atom. The van der Waals surface area contributed by atoms with E-state index >= 15 is 0 Å². The fourth-order valence-electron chi connectivity index (χ4n) is 3.61. The molecular formula is C21H22N4O4. The van der Waals surface area contributed by atoms with Gasteiger partial charge in [-0.1, -0.05) is 24.3 Å². The molecule has 150 valence electrons. The summed E-state index contributed by atoms with van der Waals surface area (Å²) in [5.41, 5.74) is 2.18. The molecule has 1 aromatic heterocycles. The molecule has 0 fully saturated rings. The summed E-state index contributed by atoms with van der Waals surface area (Å²) >= 11 is 0. The fraction of sp³-hybridized carbons (Fsp3) is 0.286. The molecule has 0 unspecified atom stereocenters. The van der Waals surface area contributed by atoms with Gasteiger partial charge >= 0.3 is 0 Å². The van der Waals surface area contributed by atoms with E-state index in [1.165, 1.54) is 0 Å². The van der Waals surface area contributed by atoms with Crippen LogP contribution in [0.2, 0.25) is 0 Å². The van der Waals surface area contributed by atoms with Crippen molar-refractivity contribution in [2.45, 2.75) is 12.5 Å². The molecule has 2 aromatic carbocycles. The van der Waals surface area contributed by atoms with Gasteiger partial charge in [-0.05, 0) is 24.3 Å². The van der Waals surface area contributed by atoms with Crippen molar-refractivity contribution in [3.05, 3.63) is 48.5 Å². The topological polar surface area (TPSA) is 85.7 Å². The number of para-hydroxylation sites is 4. The minimum absolute atomic E-state index is 0.00623. The molecule has 0 saturated carbocycles. The van der Waals surface area contributed by atoms with E-state index in [2.05, 4.69) is 10.3 Å². The van der Waals surface area contributed by atoms with E-state index < -0.39 is 6.04 Å². The van der Waals surface area contributed by atoms with Gasteiger partial charge < -0.3 is 14.8 Å². The lowest BCUT2D eigenvalue weighted by Gasteiger charge is -2.16. The number of methoxy groups -OCH3 is 2. The van der Waals surface area contributed by atoms with Crippen LogP contribution < -0.4 is 15.0 Å². The van der Waals surface area contributed by atoms with Crippen LogP contribution >= 0.6 is 0 Å². The van der Waals surface area contributed by atoms with E-state index in [4.69, 9.17) is 9.47 Å². The highest BCUT2D eigenvalue weighted by Gasteiger charge is 2.40. The van der Waals surface area contributed by atoms with Crippen LogP contribution in [0.25, 0.3) is 11.0 Å². The van der Waals surface area contributed by atoms with Crippen LogP contribution in [-0.4, -0.2) is 48.7 Å². The Morgan fingerprint density at radius 1 is 1.14 bits per heavy atom. The summed E-state index contributed by atoms with van der Waals surface area (Å²) in [6.45, 7) is 0.762. The molecule has 8 nitrogen and oxygen atoms in total. The average molecular weight is 394 g/mol. The molecule has 1 N–H and O–H groups in total. The smallest absolute Gasteiger partial charge is 0.253 e. The minimum atomic E-state index is -0.663. The highest BCUT2D eigenvalue weighted by molar-refractivity contribution is 6.05. The molecule has 8 heteroatoms. The van der Waals surface area contributed by atoms with Gasteiger partial charge in [-0.3, -0.25) is 19.1 Å². The van der Waals surface area contributed by atoms with Crippen LogP contribution in [-0.2, 0) is 14.3 Å². The van der Waals surface area contributed by atoms with Gasteiger partial charge in [0.25, 0.3) is 5.91 Å². The number of benzene rings is 2. The Labute approximate surface area is 168 Å². The molecule has 0 bridgehead atoms. The second-order valence-electron chi connectivity index (χ2n) is 6.72. The van der Waals surface area contributed by atoms with E-state index in [1.807, 2.05) is 41.0 Å². The van der Waals surface area contributed by atoms with Gasteiger partial charge in [0.05, 0.1) is 43.4 Å². The summed E-state index contributed by atoms with van der Waals surface area (Å²) < 4.78 is 12.3. The highest BCUT2D eigenvalue weighted by atomic mass is 16.5. The van der Waals surface area contributed by atoms with Crippen molar-refractivity contribution in [1.29, 1.82) is 0 Å². The quantitative estimate of drug-likeness (QED) is 0.666. The van der Waals surface area contributed by atoms with Crippen LogP contribution in [0.1, 0.15) is 12.5 Å². The molecule has 2 heterocycles. The Balaban J connectivity index is 1.63. The molecule has 1 aliphatic heterocycles. The van der Waals surface area contributed by atoms with Gasteiger partial charge in [0, 0.05) is 7.11 Å². The maximum absolute atomic E-state index is 13.1. The van der Waals surface area contributed by atoms with Crippen molar-refractivity contribution in [3.63, 3.8) is 0 Å². The molecule has 0 aliphatic carbocycles. The van der Waals surface area contributed by atoms with Crippen LogP contribution in [0.3, 0.4) is 0 Å². The van der Waals surface area contributed by atoms with Gasteiger partial charge in [0.2, 0.25) is 11.9 Å². The van der Waals surface area contributed by atoms with E-state index in [0.717, 1.165) is 11.0 Å². The first-order valence-corrected chi connectivity index (χ1v) is 9.34. The van der Waals surface area contributed by atoms with Gasteiger partial charge in [-0.15, -0.1) is 0 Å². The normalized spacial score (nSPS) is 15.6. The zero-order valence-electron chi connectivity index (χ0n) is 16.3. The van der Waals surface area contributed by atoms with Crippen molar-refractivity contribution in [2.75, 3.05) is 37.6 Å². The number of nitrogens with zero attached hydrogens (tertiary/aromatic N) is 3. The predicted octanol–water partition coefficient (Wildman–Crippen LogP) is 2.61. The molecule has 29 heavy (non-hydrogen) atoms. The van der Waals surface area contributed by atoms with Crippen molar-refractivity contribution >= 4 is 34.5 Å². The number of ether oxygens (including phenoxy) is 2. The number of carbonyl (C=O) groups excluding carboxylic acids is 2. The third kappa shape index (κ3) is 3.42. The summed E-state index contributed by atoms with van der Waals surface area (Å²) in [5, 5.41) is 2.84. The maximum atomic E-state index is 13.1. The summed E-state index contributed by atoms with van der Waals surface area (Å²) in [5.74, 6) is 0.674. The number of carbonyl (C=O) groups is 2. The lowest BCUT2D eigenvalue weighted by atomic mass is 10.1. The zero-order valence-corrected chi connectivity index (χ0v) is 16.3. The number of nitrogens with one attached hydrogen (secondary N) is 1. The molecule has 1 aliphatic rings. The Morgan fingerprint density at radius 3 is 2.69 bits per heavy atom. The zero-order chi connectivity index (χ0) is 20.4. The first kappa shape index (κ1) is 18.9. The standard InChI is InChI=1S/C21H22N4O4/c1-28-12-11-24-20(27)17(25-16-9-5-3-7-14(16)23-21(24)25)13-19(26)22-15-8-4-6-10-18(15)29-2/h3-10,17H,11-13H2,1-2H3,(H,22,26)/t17-/m1/s1. The summed E-state index contributed by atoms with van der Waals surface area (Å²) in [7, 11) is 3.13. The lowest BCUT2D eigenvalue weighted by Crippen LogP contribution is -2.33. The number of hydrogen-bond acceptors (Lipinski definition) is 5. The largest absolute Gasteiger partial charge is 0.495 e. The van der Waals surface area contributed by atoms with Gasteiger partial charge in [0.1, 0.15) is 11.8 Å². The van der Waals surface area contributed by atoms with Crippen LogP contribution in [0.15, 0.2) is 48.5 Å². The number of amides is 2. The molecule has 3 aromatic rings. The van der Waals surface area contributed by atoms with Crippen molar-refractivity contribution < 1.29 is 19.1 Å². The number of imidazole rings is 1. The molecular weight excluding hydrogens is 372 g/mol. The van der Waals surface area contributed by atoms with Crippen molar-refractivity contribution in [1.82, 2.24) is 9.55 Å². The van der Waals surface area contributed by atoms with E-state index in [1.54, 1.807) is 31.3 Å². The first-order chi connectivity index (χ1) is 14.1. The third-order valence-electron chi connectivity index (χ3n) is 4.96. The Bertz CT molecular complexity index is 1060. The second-order valence-corrected chi connectivity index (χ2v) is 6.72. The number of aromatic nitrogens is 2. The molecule has 2 amide bonds. The highest BCUT2D eigenvalue weighted by Crippen LogP contribution is 2.36. The van der Waals surface area contributed by atoms with Crippen LogP contribution in [0.5, 0.6) is 5.75 Å². The lowest BCUT2D eigenvalue weighted by molar-refractivity contribution is -0.124. The fourth-order valence-corrected chi connectivity index (χ4v) is 3.61. The number of anilines is 2. The summed E-state index contributed by atoms with van der Waals surface area (Å²) in [6.07, 6.45) is -0.00623. The molecule has 0 saturated heterocycles. The van der Waals surface area contributed by atoms with E-state index in [-0.39, 0.29) is 18.2 Å². The van der Waals surface area contributed by atoms with Crippen molar-refractivity contribution in [2.24, 2.45) is 0 Å². The second kappa shape index (κ2) is 7.92. The SMILES string of the molecule is COCCN1C(=O)[C@@H](CC(=O)Nc2ccccc2OC)n2c1nc1ccccc12. The first-order valence-electron chi connectivity index (χ1n) is 9.34. The predicted molar refractivity (Wildman–Crippen MR) is 109 cm³/mol. The Kier molecular flexibility index (Phi) is 5.18. The third-order valence-corrected chi connectivity index (χ3v) is 4.96.